The molecule has 0 atom stereocenters. The summed E-state index contributed by atoms with van der Waals surface area (Å²) in [4.78, 5) is 21.7. The van der Waals surface area contributed by atoms with Gasteiger partial charge in [0.05, 0.1) is 42.4 Å². The van der Waals surface area contributed by atoms with Crippen LogP contribution in [-0.4, -0.2) is 51.5 Å². The van der Waals surface area contributed by atoms with Crippen molar-refractivity contribution >= 4 is 16.8 Å². The number of pyridine rings is 2. The lowest BCUT2D eigenvalue weighted by Crippen LogP contribution is -2.24. The maximum absolute atomic E-state index is 12.7. The average molecular weight is 432 g/mol. The van der Waals surface area contributed by atoms with E-state index < -0.39 is 0 Å². The zero-order chi connectivity index (χ0) is 22.3. The van der Waals surface area contributed by atoms with Crippen LogP contribution < -0.4 is 14.8 Å². The highest BCUT2D eigenvalue weighted by molar-refractivity contribution is 5.99. The smallest absolute Gasteiger partial charge is 0.251 e. The van der Waals surface area contributed by atoms with Crippen LogP contribution in [0.1, 0.15) is 29.4 Å². The normalized spacial score (nSPS) is 10.8. The van der Waals surface area contributed by atoms with Gasteiger partial charge in [0, 0.05) is 29.8 Å². The van der Waals surface area contributed by atoms with Crippen molar-refractivity contribution < 1.29 is 14.3 Å². The molecule has 3 aromatic heterocycles. The number of rotatable bonds is 9. The standard InChI is InChI=1S/C23H24N6O3/c1-3-32-21-13-20(18-7-5-11-25-23(18)31-2)27-19-12-15(8-9-17(19)21)22(30)24-10-4-6-16-14-26-29-28-16/h5,7-9,11-14H,3-4,6,10H2,1-2H3,(H,24,30)(H,26,28,29). The highest BCUT2D eigenvalue weighted by Crippen LogP contribution is 2.33. The minimum absolute atomic E-state index is 0.154. The number of amides is 1. The molecule has 0 fully saturated rings. The van der Waals surface area contributed by atoms with E-state index in [0.717, 1.165) is 29.5 Å². The molecule has 9 heteroatoms. The summed E-state index contributed by atoms with van der Waals surface area (Å²) < 4.78 is 11.2. The molecule has 164 valence electrons. The third-order valence-electron chi connectivity index (χ3n) is 4.95. The second-order valence-electron chi connectivity index (χ2n) is 7.07. The summed E-state index contributed by atoms with van der Waals surface area (Å²) in [6, 6.07) is 11.0. The molecule has 3 heterocycles. The van der Waals surface area contributed by atoms with E-state index in [0.29, 0.717) is 41.6 Å². The summed E-state index contributed by atoms with van der Waals surface area (Å²) in [6.07, 6.45) is 4.89. The summed E-state index contributed by atoms with van der Waals surface area (Å²) in [5.41, 5.74) is 3.55. The van der Waals surface area contributed by atoms with E-state index in [1.54, 1.807) is 31.6 Å². The number of methoxy groups -OCH3 is 1. The van der Waals surface area contributed by atoms with Gasteiger partial charge in [0.2, 0.25) is 5.88 Å². The van der Waals surface area contributed by atoms with Crippen molar-refractivity contribution in [2.24, 2.45) is 0 Å². The number of hydrogen-bond acceptors (Lipinski definition) is 7. The van der Waals surface area contributed by atoms with Gasteiger partial charge in [0.15, 0.2) is 0 Å². The molecule has 0 saturated carbocycles. The Morgan fingerprint density at radius 3 is 2.91 bits per heavy atom. The number of hydrogen-bond donors (Lipinski definition) is 2. The zero-order valence-electron chi connectivity index (χ0n) is 18.0. The number of ether oxygens (including phenoxy) is 2. The van der Waals surface area contributed by atoms with Gasteiger partial charge >= 0.3 is 0 Å². The van der Waals surface area contributed by atoms with E-state index in [4.69, 9.17) is 14.5 Å². The molecule has 0 saturated heterocycles. The van der Waals surface area contributed by atoms with Crippen LogP contribution in [0.25, 0.3) is 22.2 Å². The Hall–Kier alpha value is -4.01. The summed E-state index contributed by atoms with van der Waals surface area (Å²) in [7, 11) is 1.57. The molecule has 0 spiro atoms. The van der Waals surface area contributed by atoms with Gasteiger partial charge in [-0.3, -0.25) is 9.89 Å². The number of nitrogens with zero attached hydrogens (tertiary/aromatic N) is 4. The van der Waals surface area contributed by atoms with Crippen LogP contribution in [0.2, 0.25) is 0 Å². The van der Waals surface area contributed by atoms with Gasteiger partial charge in [-0.25, -0.2) is 9.97 Å². The maximum Gasteiger partial charge on any atom is 0.251 e. The number of carbonyl (C=O) groups is 1. The number of carbonyl (C=O) groups excluding carboxylic acids is 1. The maximum atomic E-state index is 12.7. The molecule has 32 heavy (non-hydrogen) atoms. The number of aromatic nitrogens is 5. The Morgan fingerprint density at radius 2 is 2.12 bits per heavy atom. The largest absolute Gasteiger partial charge is 0.493 e. The highest BCUT2D eigenvalue weighted by atomic mass is 16.5. The van der Waals surface area contributed by atoms with Crippen LogP contribution in [0.15, 0.2) is 48.8 Å². The summed E-state index contributed by atoms with van der Waals surface area (Å²) >= 11 is 0. The van der Waals surface area contributed by atoms with E-state index in [1.165, 1.54) is 0 Å². The van der Waals surface area contributed by atoms with Crippen molar-refractivity contribution in [2.45, 2.75) is 19.8 Å². The SMILES string of the molecule is CCOc1cc(-c2cccnc2OC)nc2cc(C(=O)NCCCc3cnn[nH]3)ccc12. The zero-order valence-corrected chi connectivity index (χ0v) is 18.0. The molecule has 1 amide bonds. The third-order valence-corrected chi connectivity index (χ3v) is 4.95. The van der Waals surface area contributed by atoms with Gasteiger partial charge in [-0.15, -0.1) is 5.10 Å². The van der Waals surface area contributed by atoms with Gasteiger partial charge in [0.25, 0.3) is 5.91 Å². The first-order valence-electron chi connectivity index (χ1n) is 10.4. The molecule has 2 N–H and O–H groups in total. The van der Waals surface area contributed by atoms with Gasteiger partial charge < -0.3 is 14.8 Å². The van der Waals surface area contributed by atoms with Gasteiger partial charge in [-0.2, -0.15) is 0 Å². The Balaban J connectivity index is 1.59. The molecule has 0 unspecified atom stereocenters. The second-order valence-corrected chi connectivity index (χ2v) is 7.07. The van der Waals surface area contributed by atoms with Crippen molar-refractivity contribution in [3.05, 3.63) is 60.0 Å². The van der Waals surface area contributed by atoms with E-state index in [2.05, 4.69) is 25.7 Å². The minimum atomic E-state index is -0.154. The third kappa shape index (κ3) is 4.66. The molecule has 9 nitrogen and oxygen atoms in total. The molecular formula is C23H24N6O3. The predicted octanol–water partition coefficient (Wildman–Crippen LogP) is 3.18. The predicted molar refractivity (Wildman–Crippen MR) is 120 cm³/mol. The number of nitrogens with one attached hydrogen (secondary N) is 2. The fourth-order valence-corrected chi connectivity index (χ4v) is 3.42. The van der Waals surface area contributed by atoms with Crippen molar-refractivity contribution in [1.82, 2.24) is 30.7 Å². The lowest BCUT2D eigenvalue weighted by molar-refractivity contribution is 0.0953. The van der Waals surface area contributed by atoms with Crippen LogP contribution in [0.3, 0.4) is 0 Å². The van der Waals surface area contributed by atoms with Gasteiger partial charge in [-0.05, 0) is 50.1 Å². The number of aromatic amines is 1. The van der Waals surface area contributed by atoms with Crippen LogP contribution in [-0.2, 0) is 6.42 Å². The Morgan fingerprint density at radius 1 is 1.22 bits per heavy atom. The van der Waals surface area contributed by atoms with E-state index >= 15 is 0 Å². The Kier molecular flexibility index (Phi) is 6.54. The number of aryl methyl sites for hydroxylation is 1. The Bertz CT molecular complexity index is 1210. The van der Waals surface area contributed by atoms with Crippen LogP contribution in [0.4, 0.5) is 0 Å². The van der Waals surface area contributed by atoms with E-state index in [1.807, 2.05) is 31.2 Å². The molecule has 4 aromatic rings. The number of benzene rings is 1. The van der Waals surface area contributed by atoms with Crippen molar-refractivity contribution in [1.29, 1.82) is 0 Å². The van der Waals surface area contributed by atoms with Crippen molar-refractivity contribution in [3.8, 4) is 22.9 Å². The summed E-state index contributed by atoms with van der Waals surface area (Å²) in [6.45, 7) is 2.98. The number of H-pyrrole nitrogens is 1. The quantitative estimate of drug-likeness (QED) is 0.390. The Labute approximate surface area is 185 Å². The fourth-order valence-electron chi connectivity index (χ4n) is 3.42. The lowest BCUT2D eigenvalue weighted by Gasteiger charge is -2.13. The first-order valence-corrected chi connectivity index (χ1v) is 10.4. The van der Waals surface area contributed by atoms with E-state index in [9.17, 15) is 4.79 Å². The molecule has 0 aliphatic heterocycles. The van der Waals surface area contributed by atoms with Crippen molar-refractivity contribution in [2.75, 3.05) is 20.3 Å². The average Bonchev–Trinajstić information content (AvgIpc) is 3.35. The van der Waals surface area contributed by atoms with E-state index in [-0.39, 0.29) is 5.91 Å². The molecule has 4 rings (SSSR count). The molecule has 0 bridgehead atoms. The summed E-state index contributed by atoms with van der Waals surface area (Å²) in [5.74, 6) is 1.01. The number of fused-ring (bicyclic) bond motifs is 1. The molecule has 0 radical (unpaired) electrons. The lowest BCUT2D eigenvalue weighted by atomic mass is 10.1. The summed E-state index contributed by atoms with van der Waals surface area (Å²) in [5, 5.41) is 14.0. The molecule has 1 aromatic carbocycles. The van der Waals surface area contributed by atoms with Gasteiger partial charge in [-0.1, -0.05) is 5.21 Å². The fraction of sp³-hybridized carbons (Fsp3) is 0.261. The van der Waals surface area contributed by atoms with Crippen molar-refractivity contribution in [3.63, 3.8) is 0 Å². The van der Waals surface area contributed by atoms with Crippen LogP contribution >= 0.6 is 0 Å². The van der Waals surface area contributed by atoms with Gasteiger partial charge in [0.1, 0.15) is 5.75 Å². The molecule has 0 aliphatic rings. The van der Waals surface area contributed by atoms with Crippen LogP contribution in [0.5, 0.6) is 11.6 Å². The first-order chi connectivity index (χ1) is 15.7. The van der Waals surface area contributed by atoms with Crippen LogP contribution in [0, 0.1) is 0 Å². The molecule has 0 aliphatic carbocycles. The monoisotopic (exact) mass is 432 g/mol. The topological polar surface area (TPSA) is 115 Å². The first kappa shape index (κ1) is 21.2. The minimum Gasteiger partial charge on any atom is -0.493 e. The molecular weight excluding hydrogens is 408 g/mol. The highest BCUT2D eigenvalue weighted by Gasteiger charge is 2.15. The second kappa shape index (κ2) is 9.86.